The summed E-state index contributed by atoms with van der Waals surface area (Å²) in [5, 5.41) is 0.283. The second kappa shape index (κ2) is 5.08. The van der Waals surface area contributed by atoms with Gasteiger partial charge < -0.3 is 0 Å². The Morgan fingerprint density at radius 2 is 1.85 bits per heavy atom. The van der Waals surface area contributed by atoms with E-state index in [0.29, 0.717) is 16.4 Å². The third-order valence-electron chi connectivity index (χ3n) is 3.10. The fourth-order valence-corrected chi connectivity index (χ4v) is 2.57. The number of halogens is 3. The number of rotatable bonds is 2. The lowest BCUT2D eigenvalue weighted by molar-refractivity contribution is 0.627. The van der Waals surface area contributed by atoms with E-state index in [1.807, 2.05) is 23.6 Å². The summed E-state index contributed by atoms with van der Waals surface area (Å²) in [5.74, 6) is 0.401. The van der Waals surface area contributed by atoms with E-state index in [4.69, 9.17) is 23.2 Å². The molecule has 0 spiro atoms. The molecular weight excluding hydrogens is 298 g/mol. The number of alkyl halides is 1. The first-order valence-electron chi connectivity index (χ1n) is 6.15. The molecule has 2 aromatic carbocycles. The zero-order valence-electron chi connectivity index (χ0n) is 10.6. The van der Waals surface area contributed by atoms with Crippen LogP contribution in [0.1, 0.15) is 18.1 Å². The molecular formula is C15H11Cl2FN2. The summed E-state index contributed by atoms with van der Waals surface area (Å²) >= 11 is 12.4. The Labute approximate surface area is 125 Å². The van der Waals surface area contributed by atoms with Crippen molar-refractivity contribution in [2.45, 2.75) is 12.3 Å². The first-order valence-corrected chi connectivity index (χ1v) is 6.96. The number of benzene rings is 2. The van der Waals surface area contributed by atoms with Crippen LogP contribution in [0, 0.1) is 5.82 Å². The van der Waals surface area contributed by atoms with Gasteiger partial charge in [0.1, 0.15) is 17.2 Å². The molecule has 1 aromatic heterocycles. The van der Waals surface area contributed by atoms with E-state index < -0.39 is 0 Å². The molecule has 1 unspecified atom stereocenters. The number of aromatic nitrogens is 2. The predicted molar refractivity (Wildman–Crippen MR) is 80.3 cm³/mol. The van der Waals surface area contributed by atoms with Crippen LogP contribution < -0.4 is 0 Å². The summed E-state index contributed by atoms with van der Waals surface area (Å²) in [6.07, 6.45) is 0. The molecule has 0 aliphatic carbocycles. The zero-order chi connectivity index (χ0) is 14.3. The Morgan fingerprint density at radius 1 is 1.15 bits per heavy atom. The van der Waals surface area contributed by atoms with Crippen molar-refractivity contribution in [3.05, 3.63) is 59.1 Å². The van der Waals surface area contributed by atoms with Gasteiger partial charge >= 0.3 is 0 Å². The smallest absolute Gasteiger partial charge is 0.132 e. The average Bonchev–Trinajstić information content (AvgIpc) is 2.81. The van der Waals surface area contributed by atoms with E-state index in [-0.39, 0.29) is 11.2 Å². The van der Waals surface area contributed by atoms with E-state index in [0.717, 1.165) is 11.2 Å². The lowest BCUT2D eigenvalue weighted by atomic mass is 10.2. The molecule has 0 saturated heterocycles. The van der Waals surface area contributed by atoms with Crippen LogP contribution in [0.5, 0.6) is 0 Å². The van der Waals surface area contributed by atoms with E-state index in [9.17, 15) is 4.39 Å². The molecule has 0 amide bonds. The third-order valence-corrected chi connectivity index (χ3v) is 3.60. The van der Waals surface area contributed by atoms with Gasteiger partial charge in [-0.05, 0) is 43.3 Å². The fourth-order valence-electron chi connectivity index (χ4n) is 2.21. The van der Waals surface area contributed by atoms with Gasteiger partial charge in [0, 0.05) is 5.69 Å². The van der Waals surface area contributed by atoms with Crippen molar-refractivity contribution in [3.63, 3.8) is 0 Å². The van der Waals surface area contributed by atoms with Crippen molar-refractivity contribution >= 4 is 34.2 Å². The summed E-state index contributed by atoms with van der Waals surface area (Å²) in [4.78, 5) is 4.52. The second-order valence-corrected chi connectivity index (χ2v) is 5.57. The first kappa shape index (κ1) is 13.4. The number of hydrogen-bond donors (Lipinski definition) is 0. The van der Waals surface area contributed by atoms with Crippen molar-refractivity contribution in [2.75, 3.05) is 0 Å². The molecule has 0 N–H and O–H groups in total. The Bertz CT molecular complexity index is 763. The normalized spacial score (nSPS) is 12.8. The van der Waals surface area contributed by atoms with Gasteiger partial charge in [-0.2, -0.15) is 0 Å². The van der Waals surface area contributed by atoms with Crippen LogP contribution in [-0.2, 0) is 0 Å². The summed E-state index contributed by atoms with van der Waals surface area (Å²) in [6, 6.07) is 11.8. The molecule has 1 heterocycles. The number of para-hydroxylation sites is 1. The Morgan fingerprint density at radius 3 is 2.50 bits per heavy atom. The molecule has 0 bridgehead atoms. The van der Waals surface area contributed by atoms with Crippen molar-refractivity contribution in [2.24, 2.45) is 0 Å². The summed E-state index contributed by atoms with van der Waals surface area (Å²) in [5.41, 5.74) is 2.35. The van der Waals surface area contributed by atoms with Crippen LogP contribution in [0.25, 0.3) is 16.7 Å². The van der Waals surface area contributed by atoms with Gasteiger partial charge in [0.05, 0.1) is 15.9 Å². The minimum absolute atomic E-state index is 0.281. The largest absolute Gasteiger partial charge is 0.295 e. The highest BCUT2D eigenvalue weighted by Crippen LogP contribution is 2.31. The van der Waals surface area contributed by atoms with Gasteiger partial charge in [-0.25, -0.2) is 9.37 Å². The summed E-state index contributed by atoms with van der Waals surface area (Å²) in [7, 11) is 0. The highest BCUT2D eigenvalue weighted by atomic mass is 35.5. The minimum Gasteiger partial charge on any atom is -0.295 e. The number of hydrogen-bond acceptors (Lipinski definition) is 1. The van der Waals surface area contributed by atoms with E-state index in [1.165, 1.54) is 12.1 Å². The highest BCUT2D eigenvalue weighted by Gasteiger charge is 2.17. The Hall–Kier alpha value is -1.58. The van der Waals surface area contributed by atoms with E-state index in [1.54, 1.807) is 18.2 Å². The molecule has 5 heteroatoms. The van der Waals surface area contributed by atoms with Crippen LogP contribution >= 0.6 is 23.2 Å². The SMILES string of the molecule is CC(Cl)c1nc2c(Cl)cccc2n1-c1ccc(F)cc1. The van der Waals surface area contributed by atoms with Crippen molar-refractivity contribution in [1.82, 2.24) is 9.55 Å². The van der Waals surface area contributed by atoms with Crippen molar-refractivity contribution in [1.29, 1.82) is 0 Å². The summed E-state index contributed by atoms with van der Waals surface area (Å²) in [6.45, 7) is 1.84. The molecule has 102 valence electrons. The molecule has 0 fully saturated rings. The van der Waals surface area contributed by atoms with Crippen LogP contribution in [0.4, 0.5) is 4.39 Å². The van der Waals surface area contributed by atoms with E-state index >= 15 is 0 Å². The molecule has 0 saturated carbocycles. The number of imidazole rings is 1. The molecule has 0 aliphatic heterocycles. The molecule has 3 aromatic rings. The van der Waals surface area contributed by atoms with Gasteiger partial charge in [-0.1, -0.05) is 17.7 Å². The first-order chi connectivity index (χ1) is 9.58. The van der Waals surface area contributed by atoms with Crippen molar-refractivity contribution in [3.8, 4) is 5.69 Å². The quantitative estimate of drug-likeness (QED) is 0.601. The van der Waals surface area contributed by atoms with Gasteiger partial charge in [0.25, 0.3) is 0 Å². The number of fused-ring (bicyclic) bond motifs is 1. The van der Waals surface area contributed by atoms with Crippen LogP contribution in [0.2, 0.25) is 5.02 Å². The third kappa shape index (κ3) is 2.17. The highest BCUT2D eigenvalue weighted by molar-refractivity contribution is 6.35. The number of nitrogens with zero attached hydrogens (tertiary/aromatic N) is 2. The molecule has 2 nitrogen and oxygen atoms in total. The topological polar surface area (TPSA) is 17.8 Å². The standard InChI is InChI=1S/C15H11Cl2FN2/c1-9(16)15-19-14-12(17)3-2-4-13(14)20(15)11-7-5-10(18)6-8-11/h2-9H,1H3. The van der Waals surface area contributed by atoms with Crippen molar-refractivity contribution < 1.29 is 4.39 Å². The lowest BCUT2D eigenvalue weighted by Gasteiger charge is -2.10. The molecule has 1 atom stereocenters. The average molecular weight is 309 g/mol. The monoisotopic (exact) mass is 308 g/mol. The Balaban J connectivity index is 2.35. The predicted octanol–water partition coefficient (Wildman–Crippen LogP) is 5.12. The minimum atomic E-state index is -0.288. The maximum Gasteiger partial charge on any atom is 0.132 e. The fraction of sp³-hybridized carbons (Fsp3) is 0.133. The molecule has 0 aliphatic rings. The van der Waals surface area contributed by atoms with Crippen LogP contribution in [0.3, 0.4) is 0 Å². The molecule has 3 rings (SSSR count). The van der Waals surface area contributed by atoms with Gasteiger partial charge in [0.2, 0.25) is 0 Å². The van der Waals surface area contributed by atoms with Crippen LogP contribution in [-0.4, -0.2) is 9.55 Å². The molecule has 0 radical (unpaired) electrons. The second-order valence-electron chi connectivity index (χ2n) is 4.51. The Kier molecular flexibility index (Phi) is 3.40. The van der Waals surface area contributed by atoms with Gasteiger partial charge in [-0.3, -0.25) is 4.57 Å². The van der Waals surface area contributed by atoms with E-state index in [2.05, 4.69) is 4.98 Å². The van der Waals surface area contributed by atoms with Gasteiger partial charge in [-0.15, -0.1) is 11.6 Å². The van der Waals surface area contributed by atoms with Crippen LogP contribution in [0.15, 0.2) is 42.5 Å². The lowest BCUT2D eigenvalue weighted by Crippen LogP contribution is -2.01. The zero-order valence-corrected chi connectivity index (χ0v) is 12.2. The molecule has 20 heavy (non-hydrogen) atoms. The maximum absolute atomic E-state index is 13.1. The van der Waals surface area contributed by atoms with Gasteiger partial charge in [0.15, 0.2) is 0 Å². The maximum atomic E-state index is 13.1. The summed E-state index contributed by atoms with van der Waals surface area (Å²) < 4.78 is 15.0.